The zero-order chi connectivity index (χ0) is 18.9. The van der Waals surface area contributed by atoms with E-state index < -0.39 is 0 Å². The number of fused-ring (bicyclic) bond motifs is 1. The minimum atomic E-state index is 0.208. The molecule has 28 heavy (non-hydrogen) atoms. The van der Waals surface area contributed by atoms with Gasteiger partial charge >= 0.3 is 0 Å². The minimum Gasteiger partial charge on any atom is -0.339 e. The Morgan fingerprint density at radius 1 is 1.18 bits per heavy atom. The third-order valence-corrected chi connectivity index (χ3v) is 6.53. The molecule has 1 amide bonds. The summed E-state index contributed by atoms with van der Waals surface area (Å²) in [5, 5.41) is 6.04. The van der Waals surface area contributed by atoms with Gasteiger partial charge in [-0.2, -0.15) is 4.98 Å². The number of carbonyl (C=O) groups is 1. The van der Waals surface area contributed by atoms with E-state index in [-0.39, 0.29) is 11.9 Å². The third kappa shape index (κ3) is 3.49. The second-order valence-electron chi connectivity index (χ2n) is 7.63. The van der Waals surface area contributed by atoms with Crippen LogP contribution in [-0.4, -0.2) is 27.0 Å². The van der Waals surface area contributed by atoms with E-state index in [1.54, 1.807) is 11.3 Å². The van der Waals surface area contributed by atoms with Gasteiger partial charge in [0.1, 0.15) is 0 Å². The fraction of sp³-hybridized carbons (Fsp3) is 0.409. The second kappa shape index (κ2) is 7.51. The summed E-state index contributed by atoms with van der Waals surface area (Å²) in [6, 6.07) is 13.2. The van der Waals surface area contributed by atoms with Crippen molar-refractivity contribution < 1.29 is 9.32 Å². The highest BCUT2D eigenvalue weighted by molar-refractivity contribution is 7.13. The monoisotopic (exact) mass is 393 g/mol. The first kappa shape index (κ1) is 17.6. The van der Waals surface area contributed by atoms with E-state index in [0.29, 0.717) is 30.6 Å². The van der Waals surface area contributed by atoms with Crippen molar-refractivity contribution in [1.29, 1.82) is 0 Å². The Balaban J connectivity index is 1.30. The first-order valence-corrected chi connectivity index (χ1v) is 10.9. The molecule has 1 fully saturated rings. The Morgan fingerprint density at radius 2 is 2.07 bits per heavy atom. The van der Waals surface area contributed by atoms with Crippen LogP contribution in [0, 0.1) is 0 Å². The van der Waals surface area contributed by atoms with Crippen LogP contribution in [0.1, 0.15) is 55.2 Å². The van der Waals surface area contributed by atoms with Gasteiger partial charge in [-0.15, -0.1) is 11.3 Å². The lowest BCUT2D eigenvalue weighted by atomic mass is 9.86. The first-order valence-electron chi connectivity index (χ1n) is 10.0. The molecule has 5 nitrogen and oxygen atoms in total. The predicted molar refractivity (Wildman–Crippen MR) is 108 cm³/mol. The molecular formula is C22H23N3O2S. The Bertz CT molecular complexity index is 962. The number of amides is 1. The van der Waals surface area contributed by atoms with Crippen LogP contribution in [0.25, 0.3) is 10.7 Å². The molecule has 6 heteroatoms. The van der Waals surface area contributed by atoms with E-state index in [9.17, 15) is 4.79 Å². The lowest BCUT2D eigenvalue weighted by Gasteiger charge is -2.36. The van der Waals surface area contributed by atoms with Crippen LogP contribution >= 0.6 is 11.3 Å². The molecule has 1 aromatic carbocycles. The Hall–Kier alpha value is -2.47. The number of carbonyl (C=O) groups excluding carboxylic acids is 1. The Kier molecular flexibility index (Phi) is 4.72. The normalized spacial score (nSPS) is 18.6. The highest BCUT2D eigenvalue weighted by Crippen LogP contribution is 2.41. The number of aromatic nitrogens is 2. The molecule has 0 spiro atoms. The van der Waals surface area contributed by atoms with Crippen molar-refractivity contribution in [3.05, 3.63) is 58.8 Å². The molecule has 0 N–H and O–H groups in total. The molecule has 2 heterocycles. The van der Waals surface area contributed by atoms with Crippen LogP contribution in [0.2, 0.25) is 0 Å². The van der Waals surface area contributed by atoms with Crippen molar-refractivity contribution in [3.8, 4) is 10.7 Å². The molecule has 0 saturated heterocycles. The van der Waals surface area contributed by atoms with Gasteiger partial charge in [-0.25, -0.2) is 0 Å². The molecule has 2 aromatic heterocycles. The van der Waals surface area contributed by atoms with Crippen LogP contribution < -0.4 is 0 Å². The van der Waals surface area contributed by atoms with Gasteiger partial charge in [-0.3, -0.25) is 4.79 Å². The second-order valence-corrected chi connectivity index (χ2v) is 8.58. The van der Waals surface area contributed by atoms with Crippen LogP contribution in [-0.2, 0) is 17.6 Å². The summed E-state index contributed by atoms with van der Waals surface area (Å²) in [5.41, 5.74) is 2.74. The SMILES string of the molecule is O=C(CCc1nc(-c2cccs2)no1)N(C1CC1)C1CCCc2ccccc21. The van der Waals surface area contributed by atoms with Crippen molar-refractivity contribution >= 4 is 17.2 Å². The summed E-state index contributed by atoms with van der Waals surface area (Å²) < 4.78 is 5.37. The maximum atomic E-state index is 13.2. The van der Waals surface area contributed by atoms with E-state index in [0.717, 1.165) is 37.0 Å². The average Bonchev–Trinajstić information content (AvgIpc) is 3.20. The molecule has 1 unspecified atom stereocenters. The topological polar surface area (TPSA) is 59.2 Å². The van der Waals surface area contributed by atoms with Crippen LogP contribution in [0.3, 0.4) is 0 Å². The molecule has 2 aliphatic carbocycles. The number of rotatable bonds is 6. The summed E-state index contributed by atoms with van der Waals surface area (Å²) in [6.07, 6.45) is 6.47. The van der Waals surface area contributed by atoms with E-state index in [4.69, 9.17) is 4.52 Å². The van der Waals surface area contributed by atoms with Gasteiger partial charge in [0.15, 0.2) is 0 Å². The number of benzene rings is 1. The van der Waals surface area contributed by atoms with E-state index in [1.807, 2.05) is 17.5 Å². The van der Waals surface area contributed by atoms with Crippen LogP contribution in [0.5, 0.6) is 0 Å². The summed E-state index contributed by atoms with van der Waals surface area (Å²) >= 11 is 1.58. The number of nitrogens with zero attached hydrogens (tertiary/aromatic N) is 3. The standard InChI is InChI=1S/C22H23N3O2S/c26-21(13-12-20-23-22(24-27-20)19-9-4-14-28-19)25(16-10-11-16)18-8-3-6-15-5-1-2-7-17(15)18/h1-2,4-5,7,9,14,16,18H,3,6,8,10-13H2. The van der Waals surface area contributed by atoms with Gasteiger partial charge in [-0.1, -0.05) is 35.5 Å². The van der Waals surface area contributed by atoms with Crippen molar-refractivity contribution in [1.82, 2.24) is 15.0 Å². The molecule has 3 aromatic rings. The molecule has 0 radical (unpaired) electrons. The number of hydrogen-bond donors (Lipinski definition) is 0. The molecule has 1 atom stereocenters. The summed E-state index contributed by atoms with van der Waals surface area (Å²) in [5.74, 6) is 1.36. The molecule has 0 bridgehead atoms. The zero-order valence-electron chi connectivity index (χ0n) is 15.7. The van der Waals surface area contributed by atoms with Crippen LogP contribution in [0.15, 0.2) is 46.3 Å². The van der Waals surface area contributed by atoms with Crippen molar-refractivity contribution in [3.63, 3.8) is 0 Å². The van der Waals surface area contributed by atoms with E-state index in [2.05, 4.69) is 39.3 Å². The third-order valence-electron chi connectivity index (χ3n) is 5.66. The molecule has 2 aliphatic rings. The van der Waals surface area contributed by atoms with E-state index >= 15 is 0 Å². The number of hydrogen-bond acceptors (Lipinski definition) is 5. The number of thiophene rings is 1. The molecule has 144 valence electrons. The largest absolute Gasteiger partial charge is 0.339 e. The van der Waals surface area contributed by atoms with Crippen LogP contribution in [0.4, 0.5) is 0 Å². The average molecular weight is 394 g/mol. The van der Waals surface area contributed by atoms with Gasteiger partial charge < -0.3 is 9.42 Å². The number of aryl methyl sites for hydroxylation is 2. The lowest BCUT2D eigenvalue weighted by Crippen LogP contribution is -2.38. The van der Waals surface area contributed by atoms with Gasteiger partial charge in [0, 0.05) is 18.9 Å². The quantitative estimate of drug-likeness (QED) is 0.604. The maximum Gasteiger partial charge on any atom is 0.227 e. The first-order chi connectivity index (χ1) is 13.8. The van der Waals surface area contributed by atoms with Crippen molar-refractivity contribution in [2.45, 2.75) is 57.0 Å². The molecule has 1 saturated carbocycles. The minimum absolute atomic E-state index is 0.208. The fourth-order valence-corrected chi connectivity index (χ4v) is 4.86. The predicted octanol–water partition coefficient (Wildman–Crippen LogP) is 4.80. The zero-order valence-corrected chi connectivity index (χ0v) is 16.5. The highest BCUT2D eigenvalue weighted by atomic mass is 32.1. The lowest BCUT2D eigenvalue weighted by molar-refractivity contribution is -0.134. The highest BCUT2D eigenvalue weighted by Gasteiger charge is 2.39. The fourth-order valence-electron chi connectivity index (χ4n) is 4.21. The Labute approximate surface area is 168 Å². The smallest absolute Gasteiger partial charge is 0.227 e. The molecule has 0 aliphatic heterocycles. The summed E-state index contributed by atoms with van der Waals surface area (Å²) in [4.78, 5) is 20.8. The van der Waals surface area contributed by atoms with Gasteiger partial charge in [0.25, 0.3) is 0 Å². The Morgan fingerprint density at radius 3 is 2.89 bits per heavy atom. The van der Waals surface area contributed by atoms with Gasteiger partial charge in [-0.05, 0) is 54.7 Å². The van der Waals surface area contributed by atoms with E-state index in [1.165, 1.54) is 11.1 Å². The van der Waals surface area contributed by atoms with Crippen molar-refractivity contribution in [2.75, 3.05) is 0 Å². The molecular weight excluding hydrogens is 370 g/mol. The maximum absolute atomic E-state index is 13.2. The molecule has 5 rings (SSSR count). The summed E-state index contributed by atoms with van der Waals surface area (Å²) in [6.45, 7) is 0. The van der Waals surface area contributed by atoms with Gasteiger partial charge in [0.05, 0.1) is 10.9 Å². The van der Waals surface area contributed by atoms with Gasteiger partial charge in [0.2, 0.25) is 17.6 Å². The summed E-state index contributed by atoms with van der Waals surface area (Å²) in [7, 11) is 0. The van der Waals surface area contributed by atoms with Crippen molar-refractivity contribution in [2.24, 2.45) is 0 Å².